The first-order chi connectivity index (χ1) is 19.7. The van der Waals surface area contributed by atoms with E-state index in [1.165, 1.54) is 0 Å². The van der Waals surface area contributed by atoms with Crippen molar-refractivity contribution in [2.75, 3.05) is 39.0 Å². The van der Waals surface area contributed by atoms with Gasteiger partial charge >= 0.3 is 12.2 Å². The van der Waals surface area contributed by atoms with Crippen molar-refractivity contribution in [3.63, 3.8) is 0 Å². The molecule has 2 aliphatic heterocycles. The lowest BCUT2D eigenvalue weighted by molar-refractivity contribution is 0.0717. The molecule has 2 atom stereocenters. The first kappa shape index (κ1) is 31.9. The highest BCUT2D eigenvalue weighted by Crippen LogP contribution is 2.20. The highest BCUT2D eigenvalue weighted by Gasteiger charge is 2.26. The molecule has 2 amide bonds. The van der Waals surface area contributed by atoms with Gasteiger partial charge in [-0.15, -0.1) is 0 Å². The fourth-order valence-corrected chi connectivity index (χ4v) is 5.17. The van der Waals surface area contributed by atoms with Gasteiger partial charge in [-0.05, 0) is 42.7 Å². The van der Waals surface area contributed by atoms with Crippen molar-refractivity contribution in [3.8, 4) is 6.07 Å². The second kappa shape index (κ2) is 16.6. The molecule has 0 aliphatic carbocycles. The Kier molecular flexibility index (Phi) is 12.9. The number of carbonyl (C=O) groups excluding carboxylic acids is 2. The van der Waals surface area contributed by atoms with Crippen molar-refractivity contribution >= 4 is 22.3 Å². The van der Waals surface area contributed by atoms with E-state index in [1.54, 1.807) is 9.80 Å². The summed E-state index contributed by atoms with van der Waals surface area (Å²) in [4.78, 5) is 27.3. The van der Waals surface area contributed by atoms with Crippen LogP contribution >= 0.6 is 0 Å². The van der Waals surface area contributed by atoms with E-state index in [9.17, 15) is 18.0 Å². The molecule has 0 aromatic heterocycles. The van der Waals surface area contributed by atoms with Crippen LogP contribution in [0.5, 0.6) is 0 Å². The number of ether oxygens (including phenoxy) is 2. The zero-order chi connectivity index (χ0) is 29.5. The second-order valence-corrected chi connectivity index (χ2v) is 12.0. The summed E-state index contributed by atoms with van der Waals surface area (Å²) < 4.78 is 37.4. The number of carbonyl (C=O) groups is 2. The Hall–Kier alpha value is -3.62. The van der Waals surface area contributed by atoms with Gasteiger partial charge in [0.25, 0.3) is 10.1 Å². The van der Waals surface area contributed by atoms with Gasteiger partial charge in [-0.1, -0.05) is 60.7 Å². The summed E-state index contributed by atoms with van der Waals surface area (Å²) in [5, 5.41) is 8.71. The Labute approximate surface area is 242 Å². The average molecular weight is 586 g/mol. The molecule has 0 spiro atoms. The number of likely N-dealkylation sites (tertiary alicyclic amines) is 2. The minimum atomic E-state index is -3.44. The summed E-state index contributed by atoms with van der Waals surface area (Å²) in [6.45, 7) is 3.12. The summed E-state index contributed by atoms with van der Waals surface area (Å²) in [6, 6.07) is 21.3. The number of hydrogen-bond donors (Lipinski definition) is 0. The van der Waals surface area contributed by atoms with Crippen molar-refractivity contribution in [1.82, 2.24) is 9.80 Å². The van der Waals surface area contributed by atoms with E-state index in [2.05, 4.69) is 6.07 Å². The minimum Gasteiger partial charge on any atom is -0.445 e. The number of rotatable bonds is 8. The number of benzene rings is 2. The van der Waals surface area contributed by atoms with Gasteiger partial charge in [0.1, 0.15) is 13.2 Å². The van der Waals surface area contributed by atoms with Gasteiger partial charge in [0.2, 0.25) is 0 Å². The Morgan fingerprint density at radius 2 is 1.29 bits per heavy atom. The number of nitrogens with zero attached hydrogens (tertiary/aromatic N) is 3. The first-order valence-corrected chi connectivity index (χ1v) is 15.7. The lowest BCUT2D eigenvalue weighted by Gasteiger charge is -2.31. The van der Waals surface area contributed by atoms with Gasteiger partial charge in [-0.2, -0.15) is 13.7 Å². The Morgan fingerprint density at radius 3 is 1.76 bits per heavy atom. The van der Waals surface area contributed by atoms with E-state index in [4.69, 9.17) is 18.9 Å². The maximum Gasteiger partial charge on any atom is 0.410 e. The molecule has 2 fully saturated rings. The maximum atomic E-state index is 12.1. The molecule has 2 aliphatic rings. The molecule has 2 heterocycles. The standard InChI is InChI=1S/C15H18N2O2.C15H21NO5S/c16-9-8-13-7-4-10-17(11-13)15(18)19-12-14-5-2-1-3-6-14;1-22(18,19)21-12-14-8-5-9-16(10-14)15(17)20-11-13-6-3-2-4-7-13/h1-3,5-6,13H,4,7-8,10-12H2;2-4,6-7,14H,5,8-12H2,1H3. The first-order valence-electron chi connectivity index (χ1n) is 13.9. The van der Waals surface area contributed by atoms with Crippen LogP contribution in [0, 0.1) is 23.2 Å². The predicted molar refractivity (Wildman–Crippen MR) is 153 cm³/mol. The van der Waals surface area contributed by atoms with Gasteiger partial charge in [0.05, 0.1) is 18.9 Å². The van der Waals surface area contributed by atoms with E-state index in [0.717, 1.165) is 49.6 Å². The summed E-state index contributed by atoms with van der Waals surface area (Å²) >= 11 is 0. The number of hydrogen-bond acceptors (Lipinski definition) is 8. The third-order valence-corrected chi connectivity index (χ3v) is 7.43. The largest absolute Gasteiger partial charge is 0.445 e. The summed E-state index contributed by atoms with van der Waals surface area (Å²) in [5.41, 5.74) is 1.92. The zero-order valence-electron chi connectivity index (χ0n) is 23.5. The SMILES string of the molecule is CS(=O)(=O)OCC1CCCN(C(=O)OCc2ccccc2)C1.N#CCC1CCCN(C(=O)OCc2ccccc2)C1. The van der Waals surface area contributed by atoms with Crippen LogP contribution in [0.1, 0.15) is 43.2 Å². The Bertz CT molecular complexity index is 1240. The monoisotopic (exact) mass is 585 g/mol. The van der Waals surface area contributed by atoms with Crippen molar-refractivity contribution < 1.29 is 31.7 Å². The van der Waals surface area contributed by atoms with Crippen molar-refractivity contribution in [1.29, 1.82) is 5.26 Å². The third-order valence-electron chi connectivity index (χ3n) is 6.86. The summed E-state index contributed by atoms with van der Waals surface area (Å²) in [5.74, 6) is 0.316. The molecule has 2 aromatic carbocycles. The van der Waals surface area contributed by atoms with E-state index in [1.807, 2.05) is 60.7 Å². The van der Waals surface area contributed by atoms with Crippen LogP contribution in [0.4, 0.5) is 9.59 Å². The number of amides is 2. The molecule has 4 rings (SSSR count). The summed E-state index contributed by atoms with van der Waals surface area (Å²) in [6.07, 6.45) is 4.54. The van der Waals surface area contributed by atoms with Gasteiger partial charge < -0.3 is 19.3 Å². The molecule has 2 unspecified atom stereocenters. The quantitative estimate of drug-likeness (QED) is 0.398. The van der Waals surface area contributed by atoms with Crippen LogP contribution < -0.4 is 0 Å². The topological polar surface area (TPSA) is 126 Å². The van der Waals surface area contributed by atoms with Crippen LogP contribution in [-0.4, -0.2) is 69.4 Å². The van der Waals surface area contributed by atoms with Gasteiger partial charge in [-0.3, -0.25) is 4.18 Å². The van der Waals surface area contributed by atoms with Gasteiger partial charge in [-0.25, -0.2) is 9.59 Å². The zero-order valence-corrected chi connectivity index (χ0v) is 24.3. The van der Waals surface area contributed by atoms with Crippen LogP contribution in [0.15, 0.2) is 60.7 Å². The van der Waals surface area contributed by atoms with E-state index < -0.39 is 10.1 Å². The number of piperidine rings is 2. The Balaban J connectivity index is 0.000000228. The average Bonchev–Trinajstić information content (AvgIpc) is 2.99. The van der Waals surface area contributed by atoms with Crippen LogP contribution in [0.2, 0.25) is 0 Å². The smallest absolute Gasteiger partial charge is 0.410 e. The molecule has 0 saturated carbocycles. The van der Waals surface area contributed by atoms with Gasteiger partial charge in [0.15, 0.2) is 0 Å². The highest BCUT2D eigenvalue weighted by atomic mass is 32.2. The lowest BCUT2D eigenvalue weighted by Crippen LogP contribution is -2.41. The van der Waals surface area contributed by atoms with Gasteiger partial charge in [0, 0.05) is 38.5 Å². The molecule has 11 heteroatoms. The molecule has 2 aromatic rings. The van der Waals surface area contributed by atoms with Crippen molar-refractivity contribution in [3.05, 3.63) is 71.8 Å². The molecule has 41 heavy (non-hydrogen) atoms. The molecule has 2 saturated heterocycles. The van der Waals surface area contributed by atoms with E-state index >= 15 is 0 Å². The minimum absolute atomic E-state index is 0.0211. The van der Waals surface area contributed by atoms with Crippen LogP contribution in [0.3, 0.4) is 0 Å². The molecular formula is C30H39N3O7S. The van der Waals surface area contributed by atoms with Crippen molar-refractivity contribution in [2.45, 2.75) is 45.3 Å². The van der Waals surface area contributed by atoms with Crippen molar-refractivity contribution in [2.24, 2.45) is 11.8 Å². The summed E-state index contributed by atoms with van der Waals surface area (Å²) in [7, 11) is -3.44. The fourth-order valence-electron chi connectivity index (χ4n) is 4.73. The second-order valence-electron chi connectivity index (χ2n) is 10.3. The van der Waals surface area contributed by atoms with Crippen LogP contribution in [-0.2, 0) is 37.0 Å². The normalized spacial score (nSPS) is 18.8. The number of nitriles is 1. The fraction of sp³-hybridized carbons (Fsp3) is 0.500. The predicted octanol–water partition coefficient (Wildman–Crippen LogP) is 4.96. The lowest BCUT2D eigenvalue weighted by atomic mass is 9.96. The van der Waals surface area contributed by atoms with E-state index in [0.29, 0.717) is 38.6 Å². The maximum absolute atomic E-state index is 12.1. The third kappa shape index (κ3) is 12.2. The van der Waals surface area contributed by atoms with Crippen LogP contribution in [0.25, 0.3) is 0 Å². The van der Waals surface area contributed by atoms with E-state index in [-0.39, 0.29) is 31.3 Å². The highest BCUT2D eigenvalue weighted by molar-refractivity contribution is 7.85. The Morgan fingerprint density at radius 1 is 0.829 bits per heavy atom. The molecule has 0 bridgehead atoms. The molecular weight excluding hydrogens is 546 g/mol. The molecule has 10 nitrogen and oxygen atoms in total. The molecule has 0 N–H and O–H groups in total. The molecule has 0 radical (unpaired) electrons. The molecule has 222 valence electrons.